The Morgan fingerprint density at radius 2 is 1.06 bits per heavy atom. The second-order valence-electron chi connectivity index (χ2n) is 10.9. The molecule has 0 fully saturated rings. The molecule has 4 aromatic rings. The maximum absolute atomic E-state index is 12.8. The van der Waals surface area contributed by atoms with Crippen LogP contribution in [0.1, 0.15) is 41.5 Å². The molecule has 0 saturated carbocycles. The average molecular weight is 633 g/mol. The van der Waals surface area contributed by atoms with Crippen LogP contribution in [0.15, 0.2) is 121 Å². The molecule has 47 heavy (non-hydrogen) atoms. The van der Waals surface area contributed by atoms with Gasteiger partial charge >= 0.3 is 0 Å². The van der Waals surface area contributed by atoms with E-state index in [0.29, 0.717) is 68.1 Å². The molecule has 0 aromatic heterocycles. The minimum atomic E-state index is -0.0646. The van der Waals surface area contributed by atoms with Gasteiger partial charge in [-0.15, -0.1) is 0 Å². The Kier molecular flexibility index (Phi) is 14.4. The Hall–Kier alpha value is -5.11. The highest BCUT2D eigenvalue weighted by Gasteiger charge is 2.09. The van der Waals surface area contributed by atoms with Gasteiger partial charge in [0.25, 0.3) is 0 Å². The van der Waals surface area contributed by atoms with Crippen LogP contribution in [0.2, 0.25) is 0 Å². The van der Waals surface area contributed by atoms with Crippen molar-refractivity contribution in [1.29, 1.82) is 0 Å². The molecule has 0 aliphatic heterocycles. The molecule has 4 N–H and O–H groups in total. The number of ether oxygens (including phenoxy) is 4. The van der Waals surface area contributed by atoms with Crippen molar-refractivity contribution in [1.82, 2.24) is 0 Å². The van der Waals surface area contributed by atoms with Crippen LogP contribution in [0, 0.1) is 0 Å². The van der Waals surface area contributed by atoms with Crippen molar-refractivity contribution in [2.75, 3.05) is 26.3 Å². The molecule has 0 atom stereocenters. The van der Waals surface area contributed by atoms with Crippen molar-refractivity contribution in [3.63, 3.8) is 0 Å². The highest BCUT2D eigenvalue weighted by Crippen LogP contribution is 2.31. The van der Waals surface area contributed by atoms with Crippen molar-refractivity contribution in [3.8, 4) is 23.0 Å². The van der Waals surface area contributed by atoms with Gasteiger partial charge in [-0.2, -0.15) is 0 Å². The zero-order valence-electron chi connectivity index (χ0n) is 26.8. The highest BCUT2D eigenvalue weighted by molar-refractivity contribution is 5.95. The van der Waals surface area contributed by atoms with Crippen LogP contribution >= 0.6 is 0 Å². The molecule has 0 heterocycles. The molecule has 244 valence electrons. The summed E-state index contributed by atoms with van der Waals surface area (Å²) in [5, 5.41) is 0. The summed E-state index contributed by atoms with van der Waals surface area (Å²) in [5.41, 5.74) is 15.8. The molecule has 0 aliphatic rings. The Balaban J connectivity index is 1.37. The number of benzene rings is 4. The minimum Gasteiger partial charge on any atom is -0.490 e. The highest BCUT2D eigenvalue weighted by atomic mass is 16.5. The Bertz CT molecular complexity index is 1500. The van der Waals surface area contributed by atoms with Gasteiger partial charge in [0.2, 0.25) is 0 Å². The summed E-state index contributed by atoms with van der Waals surface area (Å²) >= 11 is 0. The predicted molar refractivity (Wildman–Crippen MR) is 190 cm³/mol. The zero-order chi connectivity index (χ0) is 33.1. The van der Waals surface area contributed by atoms with Crippen LogP contribution in [0.25, 0.3) is 12.2 Å². The number of hydrogen-bond acceptors (Lipinski definition) is 7. The number of carbonyl (C=O) groups is 1. The number of nitrogens with two attached hydrogens (primary N) is 2. The fraction of sp³-hybridized carbons (Fsp3) is 0.225. The summed E-state index contributed by atoms with van der Waals surface area (Å²) in [5.74, 6) is 2.48. The van der Waals surface area contributed by atoms with Gasteiger partial charge in [0.05, 0.1) is 13.2 Å². The number of allylic oxidation sites excluding steroid dienone is 3. The molecule has 0 saturated heterocycles. The maximum Gasteiger partial charge on any atom is 0.162 e. The topological polar surface area (TPSA) is 106 Å². The fourth-order valence-electron chi connectivity index (χ4n) is 4.47. The van der Waals surface area contributed by atoms with E-state index in [0.717, 1.165) is 35.1 Å². The standard InChI is InChI=1S/C40H44N2O5/c1-31(14-15-32-17-20-37(44-24-8-22-41)39(27-32)46-29-34-10-4-2-5-11-34)26-36(43)19-16-33-18-21-38(45-25-9-23-42)40(28-33)47-30-35-12-6-3-7-13-35/h2-7,10-21,27-28H,1,8-9,22-26,29-30,41-42H2/b15-14+,19-16+. The van der Waals surface area contributed by atoms with Crippen molar-refractivity contribution in [2.45, 2.75) is 32.5 Å². The summed E-state index contributed by atoms with van der Waals surface area (Å²) in [6.45, 7) is 7.01. The van der Waals surface area contributed by atoms with E-state index in [9.17, 15) is 4.79 Å². The summed E-state index contributed by atoms with van der Waals surface area (Å²) < 4.78 is 24.0. The van der Waals surface area contributed by atoms with E-state index >= 15 is 0 Å². The lowest BCUT2D eigenvalue weighted by Gasteiger charge is -2.14. The van der Waals surface area contributed by atoms with Crippen molar-refractivity contribution >= 4 is 17.9 Å². The number of hydrogen-bond donors (Lipinski definition) is 2. The molecule has 7 heteroatoms. The van der Waals surface area contributed by atoms with Crippen molar-refractivity contribution in [2.24, 2.45) is 11.5 Å². The van der Waals surface area contributed by atoms with E-state index < -0.39 is 0 Å². The van der Waals surface area contributed by atoms with Gasteiger partial charge in [0.1, 0.15) is 13.2 Å². The fourth-order valence-corrected chi connectivity index (χ4v) is 4.47. The first-order valence-corrected chi connectivity index (χ1v) is 15.9. The number of rotatable bonds is 20. The Morgan fingerprint density at radius 3 is 1.53 bits per heavy atom. The van der Waals surface area contributed by atoms with Gasteiger partial charge in [-0.3, -0.25) is 4.79 Å². The number of carbonyl (C=O) groups excluding carboxylic acids is 1. The molecule has 4 aromatic carbocycles. The second kappa shape index (κ2) is 19.4. The van der Waals surface area contributed by atoms with Crippen LogP contribution in [0.5, 0.6) is 23.0 Å². The third-order valence-corrected chi connectivity index (χ3v) is 7.00. The largest absolute Gasteiger partial charge is 0.490 e. The molecule has 0 amide bonds. The lowest BCUT2D eigenvalue weighted by molar-refractivity contribution is -0.113. The first kappa shape index (κ1) is 34.8. The van der Waals surface area contributed by atoms with Crippen LogP contribution in [0.4, 0.5) is 0 Å². The SMILES string of the molecule is C=C(/C=C/c1ccc(OCCCN)c(OCc2ccccc2)c1)CC(=O)/C=C/c1ccc(OCCCN)c(OCc2ccccc2)c1. The summed E-state index contributed by atoms with van der Waals surface area (Å²) in [7, 11) is 0. The molecule has 0 spiro atoms. The van der Waals surface area contributed by atoms with Gasteiger partial charge in [0.15, 0.2) is 28.8 Å². The molecule has 0 aliphatic carbocycles. The zero-order valence-corrected chi connectivity index (χ0v) is 26.8. The average Bonchev–Trinajstić information content (AvgIpc) is 3.10. The van der Waals surface area contributed by atoms with Crippen molar-refractivity contribution in [3.05, 3.63) is 144 Å². The molecule has 0 unspecified atom stereocenters. The Morgan fingerprint density at radius 1 is 0.596 bits per heavy atom. The van der Waals surface area contributed by atoms with Crippen LogP contribution in [-0.4, -0.2) is 32.1 Å². The van der Waals surface area contributed by atoms with E-state index in [1.54, 1.807) is 12.2 Å². The molecular formula is C40H44N2O5. The first-order chi connectivity index (χ1) is 23.0. The molecule has 4 rings (SSSR count). The van der Waals surface area contributed by atoms with Crippen LogP contribution in [-0.2, 0) is 18.0 Å². The molecule has 0 bridgehead atoms. The van der Waals surface area contributed by atoms with E-state index in [-0.39, 0.29) is 12.2 Å². The van der Waals surface area contributed by atoms with E-state index in [2.05, 4.69) is 6.58 Å². The van der Waals surface area contributed by atoms with E-state index in [4.69, 9.17) is 30.4 Å². The van der Waals surface area contributed by atoms with Gasteiger partial charge in [-0.25, -0.2) is 0 Å². The second-order valence-corrected chi connectivity index (χ2v) is 10.9. The third kappa shape index (κ3) is 12.3. The summed E-state index contributed by atoms with van der Waals surface area (Å²) in [6.07, 6.45) is 8.77. The lowest BCUT2D eigenvalue weighted by Crippen LogP contribution is -2.07. The quantitative estimate of drug-likeness (QED) is 0.0589. The van der Waals surface area contributed by atoms with Crippen molar-refractivity contribution < 1.29 is 23.7 Å². The summed E-state index contributed by atoms with van der Waals surface area (Å²) in [6, 6.07) is 31.3. The first-order valence-electron chi connectivity index (χ1n) is 15.9. The van der Waals surface area contributed by atoms with Crippen LogP contribution < -0.4 is 30.4 Å². The van der Waals surface area contributed by atoms with Gasteiger partial charge in [0, 0.05) is 6.42 Å². The minimum absolute atomic E-state index is 0.0646. The monoisotopic (exact) mass is 632 g/mol. The normalized spacial score (nSPS) is 11.1. The van der Waals surface area contributed by atoms with Gasteiger partial charge < -0.3 is 30.4 Å². The molecular weight excluding hydrogens is 588 g/mol. The maximum atomic E-state index is 12.8. The summed E-state index contributed by atoms with van der Waals surface area (Å²) in [4.78, 5) is 12.8. The Labute approximate surface area is 278 Å². The lowest BCUT2D eigenvalue weighted by atomic mass is 10.1. The van der Waals surface area contributed by atoms with Gasteiger partial charge in [-0.05, 0) is 84.1 Å². The smallest absolute Gasteiger partial charge is 0.162 e. The predicted octanol–water partition coefficient (Wildman–Crippen LogP) is 7.54. The molecule has 7 nitrogen and oxygen atoms in total. The van der Waals surface area contributed by atoms with Crippen LogP contribution in [0.3, 0.4) is 0 Å². The third-order valence-electron chi connectivity index (χ3n) is 7.00. The van der Waals surface area contributed by atoms with Gasteiger partial charge in [-0.1, -0.05) is 97.6 Å². The van der Waals surface area contributed by atoms with E-state index in [1.165, 1.54) is 0 Å². The molecule has 0 radical (unpaired) electrons. The van der Waals surface area contributed by atoms with E-state index in [1.807, 2.05) is 109 Å². The number of ketones is 1.